The van der Waals surface area contributed by atoms with Gasteiger partial charge in [0.1, 0.15) is 0 Å². The van der Waals surface area contributed by atoms with E-state index >= 15 is 0 Å². The maximum atomic E-state index is 14.8. The van der Waals surface area contributed by atoms with Crippen molar-refractivity contribution in [3.05, 3.63) is 88.5 Å². The fourth-order valence-corrected chi connectivity index (χ4v) is 4.55. The van der Waals surface area contributed by atoms with Gasteiger partial charge in [0.15, 0.2) is 23.2 Å². The average molecular weight is 471 g/mol. The van der Waals surface area contributed by atoms with Crippen molar-refractivity contribution < 1.29 is 27.4 Å². The van der Waals surface area contributed by atoms with Crippen LogP contribution in [0.4, 0.5) is 17.6 Å². The number of ether oxygens (including phenoxy) is 1. The summed E-state index contributed by atoms with van der Waals surface area (Å²) in [6.45, 7) is 0.139. The third-order valence-electron chi connectivity index (χ3n) is 6.63. The molecule has 0 unspecified atom stereocenters. The van der Waals surface area contributed by atoms with Crippen LogP contribution in [0.3, 0.4) is 0 Å². The Morgan fingerprint density at radius 3 is 2.15 bits per heavy atom. The van der Waals surface area contributed by atoms with Gasteiger partial charge >= 0.3 is 0 Å². The van der Waals surface area contributed by atoms with E-state index < -0.39 is 23.3 Å². The zero-order valence-electron chi connectivity index (χ0n) is 18.8. The molecule has 0 amide bonds. The summed E-state index contributed by atoms with van der Waals surface area (Å²) in [4.78, 5) is 0. The molecule has 1 fully saturated rings. The van der Waals surface area contributed by atoms with Crippen molar-refractivity contribution in [2.45, 2.75) is 31.6 Å². The predicted molar refractivity (Wildman–Crippen MR) is 125 cm³/mol. The Bertz CT molecular complexity index is 1180. The maximum absolute atomic E-state index is 14.8. The lowest BCUT2D eigenvalue weighted by atomic mass is 9.78. The van der Waals surface area contributed by atoms with Gasteiger partial charge in [0.2, 0.25) is 5.82 Å². The number of methoxy groups -OCH3 is 1. The van der Waals surface area contributed by atoms with Crippen LogP contribution in [0.15, 0.2) is 48.5 Å². The number of benzene rings is 3. The summed E-state index contributed by atoms with van der Waals surface area (Å²) < 4.78 is 62.6. The smallest absolute Gasteiger partial charge is 0.201 e. The van der Waals surface area contributed by atoms with Crippen molar-refractivity contribution in [1.29, 1.82) is 0 Å². The quantitative estimate of drug-likeness (QED) is 0.301. The molecule has 0 atom stereocenters. The minimum absolute atomic E-state index is 0.0361. The van der Waals surface area contributed by atoms with E-state index in [2.05, 4.69) is 0 Å². The van der Waals surface area contributed by atoms with Crippen molar-refractivity contribution >= 4 is 12.2 Å². The molecule has 2 nitrogen and oxygen atoms in total. The third-order valence-corrected chi connectivity index (χ3v) is 6.63. The Labute approximate surface area is 196 Å². The third kappa shape index (κ3) is 4.87. The Morgan fingerprint density at radius 2 is 1.50 bits per heavy atom. The van der Waals surface area contributed by atoms with Crippen LogP contribution in [0, 0.1) is 29.2 Å². The van der Waals surface area contributed by atoms with Crippen molar-refractivity contribution in [3.8, 4) is 16.9 Å². The summed E-state index contributed by atoms with van der Waals surface area (Å²) in [7, 11) is 1.27. The molecule has 1 N–H and O–H groups in total. The van der Waals surface area contributed by atoms with Crippen LogP contribution in [-0.2, 0) is 0 Å². The van der Waals surface area contributed by atoms with E-state index in [9.17, 15) is 22.7 Å². The summed E-state index contributed by atoms with van der Waals surface area (Å²) in [6, 6.07) is 12.7. The second-order valence-corrected chi connectivity index (χ2v) is 8.67. The minimum Gasteiger partial charge on any atom is -0.494 e. The number of hydrogen-bond acceptors (Lipinski definition) is 2. The number of aliphatic hydroxyl groups excluding tert-OH is 1. The number of rotatable bonds is 6. The fourth-order valence-electron chi connectivity index (χ4n) is 4.55. The van der Waals surface area contributed by atoms with Gasteiger partial charge in [-0.25, -0.2) is 13.2 Å². The van der Waals surface area contributed by atoms with Gasteiger partial charge in [-0.3, -0.25) is 0 Å². The molecule has 0 saturated heterocycles. The molecule has 4 rings (SSSR count). The van der Waals surface area contributed by atoms with Crippen molar-refractivity contribution in [1.82, 2.24) is 0 Å². The number of hydrogen-bond donors (Lipinski definition) is 1. The number of halogens is 4. The SMILES string of the molecule is COc1ccc(-c2ccc(/C=C/c3ccc(C4CCC(CO)CC4)c(F)c3F)cc2)c(F)c1F. The Balaban J connectivity index is 1.50. The highest BCUT2D eigenvalue weighted by atomic mass is 19.2. The topological polar surface area (TPSA) is 29.5 Å². The van der Waals surface area contributed by atoms with Gasteiger partial charge < -0.3 is 9.84 Å². The van der Waals surface area contributed by atoms with E-state index in [0.29, 0.717) is 16.7 Å². The molecule has 1 aliphatic carbocycles. The van der Waals surface area contributed by atoms with E-state index in [0.717, 1.165) is 25.7 Å². The molecule has 3 aromatic carbocycles. The minimum atomic E-state index is -1.05. The first-order valence-electron chi connectivity index (χ1n) is 11.3. The molecule has 0 bridgehead atoms. The van der Waals surface area contributed by atoms with Crippen LogP contribution < -0.4 is 4.74 Å². The molecule has 1 aliphatic rings. The zero-order valence-corrected chi connectivity index (χ0v) is 18.8. The molecule has 34 heavy (non-hydrogen) atoms. The van der Waals surface area contributed by atoms with Crippen LogP contribution in [0.1, 0.15) is 48.3 Å². The number of aliphatic hydroxyl groups is 1. The highest BCUT2D eigenvalue weighted by Crippen LogP contribution is 2.37. The molecular weight excluding hydrogens is 444 g/mol. The monoisotopic (exact) mass is 470 g/mol. The molecule has 6 heteroatoms. The summed E-state index contributed by atoms with van der Waals surface area (Å²) in [6.07, 6.45) is 6.23. The Morgan fingerprint density at radius 1 is 0.794 bits per heavy atom. The highest BCUT2D eigenvalue weighted by molar-refractivity contribution is 5.73. The summed E-state index contributed by atoms with van der Waals surface area (Å²) in [5, 5.41) is 9.27. The van der Waals surface area contributed by atoms with Crippen molar-refractivity contribution in [2.75, 3.05) is 13.7 Å². The average Bonchev–Trinajstić information content (AvgIpc) is 2.87. The highest BCUT2D eigenvalue weighted by Gasteiger charge is 2.25. The van der Waals surface area contributed by atoms with Gasteiger partial charge in [-0.2, -0.15) is 4.39 Å². The molecule has 0 spiro atoms. The first-order valence-corrected chi connectivity index (χ1v) is 11.3. The Hall–Kier alpha value is -3.12. The van der Waals surface area contributed by atoms with Crippen LogP contribution in [0.2, 0.25) is 0 Å². The van der Waals surface area contributed by atoms with Gasteiger partial charge in [0, 0.05) is 17.7 Å². The van der Waals surface area contributed by atoms with E-state index in [1.54, 1.807) is 42.5 Å². The van der Waals surface area contributed by atoms with Crippen molar-refractivity contribution in [2.24, 2.45) is 5.92 Å². The molecule has 0 aromatic heterocycles. The molecule has 3 aromatic rings. The summed E-state index contributed by atoms with van der Waals surface area (Å²) >= 11 is 0. The van der Waals surface area contributed by atoms with Gasteiger partial charge in [-0.15, -0.1) is 0 Å². The van der Waals surface area contributed by atoms with E-state index in [4.69, 9.17) is 4.74 Å². The van der Waals surface area contributed by atoms with Gasteiger partial charge in [-0.05, 0) is 66.3 Å². The fraction of sp³-hybridized carbons (Fsp3) is 0.286. The normalized spacial score (nSPS) is 18.4. The van der Waals surface area contributed by atoms with Gasteiger partial charge in [-0.1, -0.05) is 48.6 Å². The second kappa shape index (κ2) is 10.4. The standard InChI is InChI=1S/C28H26F4O2/c1-34-24-15-14-23(27(31)28(24)32)19-7-2-17(3-8-19)4-11-21-12-13-22(26(30)25(21)29)20-9-5-18(16-33)6-10-20/h2-4,7-8,11-15,18,20,33H,5-6,9-10,16H2,1H3/b11-4+. The molecule has 0 radical (unpaired) electrons. The lowest BCUT2D eigenvalue weighted by molar-refractivity contribution is 0.181. The van der Waals surface area contributed by atoms with E-state index in [-0.39, 0.29) is 35.3 Å². The first-order chi connectivity index (χ1) is 16.4. The second-order valence-electron chi connectivity index (χ2n) is 8.67. The largest absolute Gasteiger partial charge is 0.494 e. The van der Waals surface area contributed by atoms with Gasteiger partial charge in [0.25, 0.3) is 0 Å². The molecule has 1 saturated carbocycles. The van der Waals surface area contributed by atoms with Crippen LogP contribution >= 0.6 is 0 Å². The summed E-state index contributed by atoms with van der Waals surface area (Å²) in [5.41, 5.74) is 1.81. The zero-order chi connectivity index (χ0) is 24.2. The van der Waals surface area contributed by atoms with Crippen LogP contribution in [0.5, 0.6) is 5.75 Å². The Kier molecular flexibility index (Phi) is 7.37. The lowest BCUT2D eigenvalue weighted by Crippen LogP contribution is -2.17. The summed E-state index contributed by atoms with van der Waals surface area (Å²) in [5.74, 6) is -3.70. The predicted octanol–water partition coefficient (Wildman–Crippen LogP) is 7.36. The lowest BCUT2D eigenvalue weighted by Gasteiger charge is -2.28. The molecular formula is C28H26F4O2. The first kappa shape index (κ1) is 24.0. The van der Waals surface area contributed by atoms with Gasteiger partial charge in [0.05, 0.1) is 7.11 Å². The van der Waals surface area contributed by atoms with Crippen LogP contribution in [0.25, 0.3) is 23.3 Å². The van der Waals surface area contributed by atoms with E-state index in [1.807, 2.05) is 0 Å². The maximum Gasteiger partial charge on any atom is 0.201 e. The molecule has 178 valence electrons. The van der Waals surface area contributed by atoms with Crippen LogP contribution in [-0.4, -0.2) is 18.8 Å². The molecule has 0 heterocycles. The molecule has 0 aliphatic heterocycles. The van der Waals surface area contributed by atoms with Crippen molar-refractivity contribution in [3.63, 3.8) is 0 Å². The van der Waals surface area contributed by atoms with E-state index in [1.165, 1.54) is 25.3 Å².